The van der Waals surface area contributed by atoms with Gasteiger partial charge in [0.25, 0.3) is 0 Å². The number of Topliss-reactive ketones (excluding diaryl/α,β-unsaturated/α-hetero) is 1. The molecule has 0 aliphatic rings. The van der Waals surface area contributed by atoms with E-state index in [4.69, 9.17) is 22.3 Å². The molecule has 0 saturated heterocycles. The van der Waals surface area contributed by atoms with Crippen LogP contribution in [0.5, 0.6) is 0 Å². The fraction of sp³-hybridized carbons (Fsp3) is 0.850. The number of aliphatic imine (C=N–C) groups is 1. The molecule has 158 valence electrons. The number of ketones is 1. The Morgan fingerprint density at radius 3 is 1.93 bits per heavy atom. The lowest BCUT2D eigenvalue weighted by molar-refractivity contribution is -0.140. The molecule has 0 aliphatic carbocycles. The Kier molecular flexibility index (Phi) is 13.6. The third-order valence-electron chi connectivity index (χ3n) is 5.27. The molecular weight excluding hydrogens is 344 g/mol. The van der Waals surface area contributed by atoms with E-state index in [0.29, 0.717) is 12.8 Å². The average molecular weight is 385 g/mol. The summed E-state index contributed by atoms with van der Waals surface area (Å²) in [6.07, 6.45) is 11.5. The minimum Gasteiger partial charge on any atom is -0.480 e. The molecule has 7 heteroatoms. The van der Waals surface area contributed by atoms with Crippen molar-refractivity contribution in [1.82, 2.24) is 0 Å². The first-order chi connectivity index (χ1) is 12.8. The highest BCUT2D eigenvalue weighted by molar-refractivity contribution is 5.86. The summed E-state index contributed by atoms with van der Waals surface area (Å²) in [6, 6.07) is -1.11. The zero-order valence-corrected chi connectivity index (χ0v) is 17.2. The maximum Gasteiger partial charge on any atom is 0.320 e. The number of carbonyl (C=O) groups excluding carboxylic acids is 1. The molecule has 0 aliphatic heterocycles. The number of hydrogen-bond donors (Lipinski definition) is 4. The van der Waals surface area contributed by atoms with Crippen LogP contribution in [0, 0.1) is 5.41 Å². The molecule has 0 aromatic heterocycles. The van der Waals surface area contributed by atoms with Gasteiger partial charge in [-0.05, 0) is 19.3 Å². The summed E-state index contributed by atoms with van der Waals surface area (Å²) in [5, 5.41) is 9.13. The van der Waals surface area contributed by atoms with Gasteiger partial charge < -0.3 is 22.3 Å². The smallest absolute Gasteiger partial charge is 0.320 e. The number of carboxylic acid groups (broad SMARTS) is 1. The summed E-state index contributed by atoms with van der Waals surface area (Å²) in [7, 11) is 0. The van der Waals surface area contributed by atoms with Crippen LogP contribution in [0.25, 0.3) is 0 Å². The van der Waals surface area contributed by atoms with E-state index in [-0.39, 0.29) is 24.7 Å². The Morgan fingerprint density at radius 2 is 1.48 bits per heavy atom. The van der Waals surface area contributed by atoms with Gasteiger partial charge in [0.2, 0.25) is 0 Å². The van der Waals surface area contributed by atoms with Crippen molar-refractivity contribution in [2.75, 3.05) is 6.54 Å². The maximum atomic E-state index is 12.9. The van der Waals surface area contributed by atoms with Crippen molar-refractivity contribution in [1.29, 1.82) is 0 Å². The van der Waals surface area contributed by atoms with Crippen LogP contribution in [0.1, 0.15) is 90.9 Å². The van der Waals surface area contributed by atoms with Crippen molar-refractivity contribution in [2.45, 2.75) is 96.9 Å². The zero-order chi connectivity index (χ0) is 20.7. The van der Waals surface area contributed by atoms with Crippen LogP contribution in [0.4, 0.5) is 0 Å². The molecule has 7 nitrogen and oxygen atoms in total. The van der Waals surface area contributed by atoms with Gasteiger partial charge in [-0.2, -0.15) is 0 Å². The molecule has 0 amide bonds. The maximum absolute atomic E-state index is 12.9. The van der Waals surface area contributed by atoms with Gasteiger partial charge in [-0.1, -0.05) is 65.2 Å². The van der Waals surface area contributed by atoms with Crippen LogP contribution < -0.4 is 17.2 Å². The fourth-order valence-corrected chi connectivity index (χ4v) is 3.33. The van der Waals surface area contributed by atoms with Crippen LogP contribution in [0.3, 0.4) is 0 Å². The molecule has 0 fully saturated rings. The normalized spacial score (nSPS) is 14.3. The first-order valence-corrected chi connectivity index (χ1v) is 10.4. The summed E-state index contributed by atoms with van der Waals surface area (Å²) in [4.78, 5) is 28.0. The average Bonchev–Trinajstić information content (AvgIpc) is 2.63. The lowest BCUT2D eigenvalue weighted by Crippen LogP contribution is -2.43. The minimum absolute atomic E-state index is 0.00893. The number of carboxylic acids is 1. The van der Waals surface area contributed by atoms with Gasteiger partial charge in [0.05, 0.1) is 12.0 Å². The van der Waals surface area contributed by atoms with E-state index in [1.165, 1.54) is 38.5 Å². The number of hydrogen-bond acceptors (Lipinski definition) is 4. The predicted molar refractivity (Wildman–Crippen MR) is 110 cm³/mol. The molecule has 2 unspecified atom stereocenters. The summed E-state index contributed by atoms with van der Waals surface area (Å²) >= 11 is 0. The number of nitrogens with two attached hydrogens (primary N) is 3. The second-order valence-electron chi connectivity index (χ2n) is 7.53. The molecule has 0 heterocycles. The summed E-state index contributed by atoms with van der Waals surface area (Å²) in [6.45, 7) is 4.15. The second-order valence-corrected chi connectivity index (χ2v) is 7.53. The molecular formula is C20H40N4O3. The van der Waals surface area contributed by atoms with Crippen LogP contribution in [-0.4, -0.2) is 35.4 Å². The van der Waals surface area contributed by atoms with Crippen molar-refractivity contribution in [3.8, 4) is 0 Å². The third-order valence-corrected chi connectivity index (χ3v) is 5.27. The fourth-order valence-electron chi connectivity index (χ4n) is 3.33. The van der Waals surface area contributed by atoms with Crippen molar-refractivity contribution in [3.05, 3.63) is 0 Å². The Hall–Kier alpha value is -1.63. The van der Waals surface area contributed by atoms with E-state index in [9.17, 15) is 9.59 Å². The Balaban J connectivity index is 4.53. The zero-order valence-electron chi connectivity index (χ0n) is 17.2. The first kappa shape index (κ1) is 25.4. The van der Waals surface area contributed by atoms with Gasteiger partial charge in [-0.3, -0.25) is 14.6 Å². The molecule has 2 atom stereocenters. The van der Waals surface area contributed by atoms with Crippen LogP contribution in [0.2, 0.25) is 0 Å². The van der Waals surface area contributed by atoms with Gasteiger partial charge in [0.15, 0.2) is 5.96 Å². The highest BCUT2D eigenvalue weighted by atomic mass is 16.4. The quantitative estimate of drug-likeness (QED) is 0.172. The number of carbonyl (C=O) groups is 2. The molecule has 0 saturated carbocycles. The van der Waals surface area contributed by atoms with Gasteiger partial charge in [0.1, 0.15) is 11.8 Å². The SMILES string of the molecule is CCCCCCCCCCCC(=O)C(CC)(CN=C(N)N)CC(N)C(=O)O. The van der Waals surface area contributed by atoms with Gasteiger partial charge in [0, 0.05) is 6.42 Å². The first-order valence-electron chi connectivity index (χ1n) is 10.4. The van der Waals surface area contributed by atoms with E-state index < -0.39 is 17.4 Å². The van der Waals surface area contributed by atoms with Gasteiger partial charge in [-0.25, -0.2) is 0 Å². The van der Waals surface area contributed by atoms with Gasteiger partial charge >= 0.3 is 5.97 Å². The summed E-state index contributed by atoms with van der Waals surface area (Å²) in [5.41, 5.74) is 15.6. The van der Waals surface area contributed by atoms with Crippen molar-refractivity contribution in [2.24, 2.45) is 27.6 Å². The molecule has 0 rings (SSSR count). The van der Waals surface area contributed by atoms with E-state index in [2.05, 4.69) is 11.9 Å². The van der Waals surface area contributed by atoms with E-state index >= 15 is 0 Å². The number of nitrogens with zero attached hydrogens (tertiary/aromatic N) is 1. The van der Waals surface area contributed by atoms with E-state index in [1.807, 2.05) is 6.92 Å². The Bertz CT molecular complexity index is 464. The van der Waals surface area contributed by atoms with Crippen molar-refractivity contribution in [3.63, 3.8) is 0 Å². The standard InChI is InChI=1S/C20H40N4O3/c1-3-5-6-7-8-9-10-11-12-13-17(25)20(4-2,15-24-19(22)23)14-16(21)18(26)27/h16H,3-15,21H2,1-2H3,(H,26,27)(H4,22,23,24). The second kappa shape index (κ2) is 14.4. The number of guanidine groups is 1. The molecule has 0 aromatic carbocycles. The van der Waals surface area contributed by atoms with Crippen LogP contribution >= 0.6 is 0 Å². The molecule has 0 aromatic rings. The highest BCUT2D eigenvalue weighted by Crippen LogP contribution is 2.32. The Labute approximate surface area is 164 Å². The number of rotatable bonds is 17. The lowest BCUT2D eigenvalue weighted by atomic mass is 9.74. The van der Waals surface area contributed by atoms with Crippen molar-refractivity contribution >= 4 is 17.7 Å². The van der Waals surface area contributed by atoms with Crippen LogP contribution in [-0.2, 0) is 9.59 Å². The third kappa shape index (κ3) is 11.0. The lowest BCUT2D eigenvalue weighted by Gasteiger charge is -2.31. The van der Waals surface area contributed by atoms with Crippen molar-refractivity contribution < 1.29 is 14.7 Å². The topological polar surface area (TPSA) is 145 Å². The molecule has 0 radical (unpaired) electrons. The van der Waals surface area contributed by atoms with E-state index in [1.54, 1.807) is 0 Å². The molecule has 7 N–H and O–H groups in total. The molecule has 27 heavy (non-hydrogen) atoms. The molecule has 0 spiro atoms. The summed E-state index contributed by atoms with van der Waals surface area (Å²) < 4.78 is 0. The number of aliphatic carboxylic acids is 1. The van der Waals surface area contributed by atoms with Crippen LogP contribution in [0.15, 0.2) is 4.99 Å². The predicted octanol–water partition coefficient (Wildman–Crippen LogP) is 2.95. The minimum atomic E-state index is -1.12. The van der Waals surface area contributed by atoms with E-state index in [0.717, 1.165) is 19.3 Å². The largest absolute Gasteiger partial charge is 0.480 e. The monoisotopic (exact) mass is 384 g/mol. The van der Waals surface area contributed by atoms with Gasteiger partial charge in [-0.15, -0.1) is 0 Å². The molecule has 0 bridgehead atoms. The Morgan fingerprint density at radius 1 is 0.963 bits per heavy atom. The highest BCUT2D eigenvalue weighted by Gasteiger charge is 2.38. The summed E-state index contributed by atoms with van der Waals surface area (Å²) in [5.74, 6) is -1.21. The number of unbranched alkanes of at least 4 members (excludes halogenated alkanes) is 8.